The van der Waals surface area contributed by atoms with Gasteiger partial charge in [0.25, 0.3) is 0 Å². The molecule has 1 aliphatic rings. The number of carbonyl (C=O) groups is 1. The van der Waals surface area contributed by atoms with E-state index in [2.05, 4.69) is 15.7 Å². The third-order valence-corrected chi connectivity index (χ3v) is 4.20. The number of amides is 1. The summed E-state index contributed by atoms with van der Waals surface area (Å²) >= 11 is 0. The Bertz CT molecular complexity index is 830. The van der Waals surface area contributed by atoms with E-state index in [1.165, 1.54) is 7.11 Å². The number of hydrogen-bond donors (Lipinski definition) is 2. The number of methoxy groups -OCH3 is 1. The minimum atomic E-state index is -4.55. The summed E-state index contributed by atoms with van der Waals surface area (Å²) in [6.45, 7) is 2.21. The van der Waals surface area contributed by atoms with Gasteiger partial charge in [0.05, 0.1) is 12.8 Å². The van der Waals surface area contributed by atoms with Crippen molar-refractivity contribution in [2.45, 2.75) is 32.6 Å². The highest BCUT2D eigenvalue weighted by atomic mass is 19.4. The van der Waals surface area contributed by atoms with Gasteiger partial charge in [0.2, 0.25) is 5.91 Å². The monoisotopic (exact) mass is 368 g/mol. The highest BCUT2D eigenvalue weighted by molar-refractivity contribution is 5.92. The van der Waals surface area contributed by atoms with Gasteiger partial charge in [0.1, 0.15) is 12.3 Å². The van der Waals surface area contributed by atoms with Crippen molar-refractivity contribution in [3.05, 3.63) is 40.7 Å². The molecule has 1 aliphatic heterocycles. The van der Waals surface area contributed by atoms with Crippen molar-refractivity contribution >= 4 is 11.6 Å². The summed E-state index contributed by atoms with van der Waals surface area (Å²) in [6, 6.07) is 5.29. The molecule has 3 rings (SSSR count). The van der Waals surface area contributed by atoms with Crippen LogP contribution in [0.1, 0.15) is 22.5 Å². The molecule has 9 heteroatoms. The standard InChI is InChI=1S/C17H19F3N4O2/c1-10-3-4-14(26-2)12(7-10)22-15(25)9-24-13-5-6-21-8-11(13)16(23-24)17(18,19)20/h3-4,7,21H,5-6,8-9H2,1-2H3,(H,22,25). The zero-order chi connectivity index (χ0) is 18.9. The summed E-state index contributed by atoms with van der Waals surface area (Å²) in [4.78, 5) is 12.4. The van der Waals surface area contributed by atoms with Crippen molar-refractivity contribution in [2.75, 3.05) is 19.0 Å². The van der Waals surface area contributed by atoms with Crippen LogP contribution in [0.15, 0.2) is 18.2 Å². The van der Waals surface area contributed by atoms with Crippen LogP contribution < -0.4 is 15.4 Å². The minimum absolute atomic E-state index is 0.0947. The van der Waals surface area contributed by atoms with E-state index in [1.54, 1.807) is 12.1 Å². The van der Waals surface area contributed by atoms with Crippen LogP contribution >= 0.6 is 0 Å². The highest BCUT2D eigenvalue weighted by Gasteiger charge is 2.39. The highest BCUT2D eigenvalue weighted by Crippen LogP contribution is 2.33. The molecule has 0 bridgehead atoms. The normalized spacial score (nSPS) is 14.0. The molecule has 6 nitrogen and oxygen atoms in total. The average Bonchev–Trinajstić information content (AvgIpc) is 2.94. The number of ether oxygens (including phenoxy) is 1. The molecule has 0 unspecified atom stereocenters. The third-order valence-electron chi connectivity index (χ3n) is 4.20. The molecular formula is C17H19F3N4O2. The van der Waals surface area contributed by atoms with Crippen molar-refractivity contribution in [3.8, 4) is 5.75 Å². The maximum Gasteiger partial charge on any atom is 0.435 e. The van der Waals surface area contributed by atoms with Crippen LogP contribution in [0.25, 0.3) is 0 Å². The van der Waals surface area contributed by atoms with Gasteiger partial charge in [-0.15, -0.1) is 0 Å². The van der Waals surface area contributed by atoms with Crippen LogP contribution in [0.4, 0.5) is 18.9 Å². The quantitative estimate of drug-likeness (QED) is 0.870. The Hall–Kier alpha value is -2.55. The van der Waals surface area contributed by atoms with Gasteiger partial charge in [-0.3, -0.25) is 9.48 Å². The molecule has 2 N–H and O–H groups in total. The maximum absolute atomic E-state index is 13.2. The first-order valence-corrected chi connectivity index (χ1v) is 8.10. The molecule has 0 saturated heterocycles. The molecule has 1 aromatic carbocycles. The van der Waals surface area contributed by atoms with E-state index >= 15 is 0 Å². The fourth-order valence-corrected chi connectivity index (χ4v) is 3.02. The lowest BCUT2D eigenvalue weighted by Gasteiger charge is -2.16. The summed E-state index contributed by atoms with van der Waals surface area (Å²) in [5, 5.41) is 9.26. The first-order chi connectivity index (χ1) is 12.3. The molecule has 0 fully saturated rings. The average molecular weight is 368 g/mol. The van der Waals surface area contributed by atoms with Crippen LogP contribution in [0, 0.1) is 6.92 Å². The zero-order valence-electron chi connectivity index (χ0n) is 14.4. The lowest BCUT2D eigenvalue weighted by Crippen LogP contribution is -2.27. The molecule has 0 spiro atoms. The summed E-state index contributed by atoms with van der Waals surface area (Å²) < 4.78 is 45.9. The number of anilines is 1. The Morgan fingerprint density at radius 3 is 2.88 bits per heavy atom. The number of aromatic nitrogens is 2. The molecule has 0 radical (unpaired) electrons. The van der Waals surface area contributed by atoms with Crippen LogP contribution in [0.2, 0.25) is 0 Å². The minimum Gasteiger partial charge on any atom is -0.495 e. The second kappa shape index (κ2) is 6.99. The summed E-state index contributed by atoms with van der Waals surface area (Å²) in [7, 11) is 1.48. The Labute approximate surface area is 148 Å². The van der Waals surface area contributed by atoms with Crippen LogP contribution in [-0.2, 0) is 30.5 Å². The number of nitrogens with zero attached hydrogens (tertiary/aromatic N) is 2. The first kappa shape index (κ1) is 18.2. The third kappa shape index (κ3) is 3.67. The summed E-state index contributed by atoms with van der Waals surface area (Å²) in [6.07, 6.45) is -4.16. The number of halogens is 3. The summed E-state index contributed by atoms with van der Waals surface area (Å²) in [5.41, 5.74) is 1.02. The Morgan fingerprint density at radius 2 is 2.19 bits per heavy atom. The van der Waals surface area contributed by atoms with Gasteiger partial charge in [-0.2, -0.15) is 18.3 Å². The van der Waals surface area contributed by atoms with Crippen molar-refractivity contribution in [3.63, 3.8) is 0 Å². The Balaban J connectivity index is 1.84. The lowest BCUT2D eigenvalue weighted by molar-refractivity contribution is -0.142. The van der Waals surface area contributed by atoms with Gasteiger partial charge in [0.15, 0.2) is 5.69 Å². The molecule has 1 amide bonds. The van der Waals surface area contributed by atoms with Gasteiger partial charge < -0.3 is 15.4 Å². The fourth-order valence-electron chi connectivity index (χ4n) is 3.02. The molecular weight excluding hydrogens is 349 g/mol. The molecule has 0 atom stereocenters. The number of aryl methyl sites for hydroxylation is 1. The number of rotatable bonds is 4. The number of benzene rings is 1. The molecule has 1 aromatic heterocycles. The molecule has 140 valence electrons. The van der Waals surface area contributed by atoms with E-state index in [9.17, 15) is 18.0 Å². The molecule has 0 saturated carbocycles. The number of carbonyl (C=O) groups excluding carboxylic acids is 1. The van der Waals surface area contributed by atoms with E-state index in [0.717, 1.165) is 10.2 Å². The first-order valence-electron chi connectivity index (χ1n) is 8.10. The van der Waals surface area contributed by atoms with Crippen molar-refractivity contribution < 1.29 is 22.7 Å². The maximum atomic E-state index is 13.2. The number of nitrogens with one attached hydrogen (secondary N) is 2. The number of fused-ring (bicyclic) bond motifs is 1. The van der Waals surface area contributed by atoms with Crippen molar-refractivity contribution in [1.29, 1.82) is 0 Å². The van der Waals surface area contributed by atoms with Gasteiger partial charge >= 0.3 is 6.18 Å². The van der Waals surface area contributed by atoms with E-state index in [-0.39, 0.29) is 18.7 Å². The predicted octanol–water partition coefficient (Wildman–Crippen LogP) is 2.50. The SMILES string of the molecule is COc1ccc(C)cc1NC(=O)Cn1nc(C(F)(F)F)c2c1CCNC2. The molecule has 2 aromatic rings. The number of alkyl halides is 3. The Morgan fingerprint density at radius 1 is 1.42 bits per heavy atom. The van der Waals surface area contributed by atoms with E-state index in [1.807, 2.05) is 13.0 Å². The zero-order valence-corrected chi connectivity index (χ0v) is 14.4. The van der Waals surface area contributed by atoms with E-state index in [0.29, 0.717) is 30.1 Å². The fraction of sp³-hybridized carbons (Fsp3) is 0.412. The van der Waals surface area contributed by atoms with Crippen LogP contribution in [0.5, 0.6) is 5.75 Å². The topological polar surface area (TPSA) is 68.2 Å². The largest absolute Gasteiger partial charge is 0.495 e. The van der Waals surface area contributed by atoms with E-state index in [4.69, 9.17) is 4.74 Å². The molecule has 26 heavy (non-hydrogen) atoms. The number of hydrogen-bond acceptors (Lipinski definition) is 4. The Kier molecular flexibility index (Phi) is 4.90. The van der Waals surface area contributed by atoms with Crippen molar-refractivity contribution in [1.82, 2.24) is 15.1 Å². The second-order valence-electron chi connectivity index (χ2n) is 6.11. The van der Waals surface area contributed by atoms with E-state index < -0.39 is 17.8 Å². The van der Waals surface area contributed by atoms with Crippen LogP contribution in [-0.4, -0.2) is 29.3 Å². The van der Waals surface area contributed by atoms with Gasteiger partial charge in [-0.25, -0.2) is 0 Å². The second-order valence-corrected chi connectivity index (χ2v) is 6.11. The predicted molar refractivity (Wildman–Crippen MR) is 89.0 cm³/mol. The van der Waals surface area contributed by atoms with Gasteiger partial charge in [0, 0.05) is 30.8 Å². The molecule has 0 aliphatic carbocycles. The molecule has 2 heterocycles. The smallest absolute Gasteiger partial charge is 0.435 e. The van der Waals surface area contributed by atoms with Gasteiger partial charge in [-0.05, 0) is 24.6 Å². The summed E-state index contributed by atoms with van der Waals surface area (Å²) in [5.74, 6) is 0.0121. The van der Waals surface area contributed by atoms with Crippen molar-refractivity contribution in [2.24, 2.45) is 0 Å². The van der Waals surface area contributed by atoms with Crippen LogP contribution in [0.3, 0.4) is 0 Å². The lowest BCUT2D eigenvalue weighted by atomic mass is 10.1. The van der Waals surface area contributed by atoms with Gasteiger partial charge in [-0.1, -0.05) is 6.07 Å².